The monoisotopic (exact) mass is 248 g/mol. The molecule has 0 amide bonds. The molecule has 1 fully saturated rings. The van der Waals surface area contributed by atoms with Crippen LogP contribution < -0.4 is 0 Å². The van der Waals surface area contributed by atoms with Gasteiger partial charge in [0.1, 0.15) is 0 Å². The van der Waals surface area contributed by atoms with Crippen molar-refractivity contribution in [3.05, 3.63) is 0 Å². The molecule has 1 aliphatic rings. The molecule has 0 spiro atoms. The van der Waals surface area contributed by atoms with Gasteiger partial charge in [-0.15, -0.1) is 0 Å². The SMILES string of the molecule is CC(C)OC(=O)C1CCC(Br)CC1. The van der Waals surface area contributed by atoms with Crippen LogP contribution in [0.25, 0.3) is 0 Å². The minimum Gasteiger partial charge on any atom is -0.463 e. The smallest absolute Gasteiger partial charge is 0.309 e. The molecular weight excluding hydrogens is 232 g/mol. The molecule has 76 valence electrons. The van der Waals surface area contributed by atoms with Crippen LogP contribution in [0.1, 0.15) is 39.5 Å². The first-order valence-corrected chi connectivity index (χ1v) is 5.85. The number of hydrogen-bond donors (Lipinski definition) is 0. The summed E-state index contributed by atoms with van der Waals surface area (Å²) in [6.07, 6.45) is 4.16. The summed E-state index contributed by atoms with van der Waals surface area (Å²) < 4.78 is 5.17. The molecule has 1 saturated carbocycles. The van der Waals surface area contributed by atoms with Crippen molar-refractivity contribution in [1.29, 1.82) is 0 Å². The van der Waals surface area contributed by atoms with Crippen LogP contribution in [0.5, 0.6) is 0 Å². The normalized spacial score (nSPS) is 28.9. The lowest BCUT2D eigenvalue weighted by atomic mass is 9.89. The zero-order chi connectivity index (χ0) is 9.84. The molecule has 13 heavy (non-hydrogen) atoms. The lowest BCUT2D eigenvalue weighted by molar-refractivity contribution is -0.153. The third-order valence-corrected chi connectivity index (χ3v) is 3.26. The first kappa shape index (κ1) is 11.0. The molecule has 0 aromatic carbocycles. The molecule has 0 N–H and O–H groups in total. The summed E-state index contributed by atoms with van der Waals surface area (Å²) in [7, 11) is 0. The fourth-order valence-corrected chi connectivity index (χ4v) is 2.15. The number of ether oxygens (including phenoxy) is 1. The number of esters is 1. The average molecular weight is 249 g/mol. The summed E-state index contributed by atoms with van der Waals surface area (Å²) in [5.41, 5.74) is 0. The molecule has 0 radical (unpaired) electrons. The van der Waals surface area contributed by atoms with E-state index in [1.807, 2.05) is 13.8 Å². The van der Waals surface area contributed by atoms with Gasteiger partial charge in [-0.1, -0.05) is 15.9 Å². The molecule has 3 heteroatoms. The van der Waals surface area contributed by atoms with Crippen LogP contribution in [-0.4, -0.2) is 16.9 Å². The number of hydrogen-bond acceptors (Lipinski definition) is 2. The van der Waals surface area contributed by atoms with Gasteiger partial charge in [-0.05, 0) is 39.5 Å². The second-order valence-corrected chi connectivity index (χ2v) is 5.23. The lowest BCUT2D eigenvalue weighted by Crippen LogP contribution is -2.25. The largest absolute Gasteiger partial charge is 0.463 e. The van der Waals surface area contributed by atoms with Gasteiger partial charge in [-0.25, -0.2) is 0 Å². The highest BCUT2D eigenvalue weighted by atomic mass is 79.9. The highest BCUT2D eigenvalue weighted by molar-refractivity contribution is 9.09. The predicted molar refractivity (Wildman–Crippen MR) is 55.9 cm³/mol. The minimum absolute atomic E-state index is 0.00519. The van der Waals surface area contributed by atoms with Crippen molar-refractivity contribution in [2.75, 3.05) is 0 Å². The highest BCUT2D eigenvalue weighted by Gasteiger charge is 2.26. The van der Waals surface area contributed by atoms with Gasteiger partial charge in [0.25, 0.3) is 0 Å². The maximum atomic E-state index is 11.5. The number of carbonyl (C=O) groups is 1. The van der Waals surface area contributed by atoms with Crippen molar-refractivity contribution in [2.45, 2.75) is 50.5 Å². The van der Waals surface area contributed by atoms with Crippen LogP contribution in [0.4, 0.5) is 0 Å². The van der Waals surface area contributed by atoms with E-state index in [1.54, 1.807) is 0 Å². The standard InChI is InChI=1S/C10H17BrO2/c1-7(2)13-10(12)8-3-5-9(11)6-4-8/h7-9H,3-6H2,1-2H3. The van der Waals surface area contributed by atoms with Gasteiger partial charge < -0.3 is 4.74 Å². The third kappa shape index (κ3) is 3.67. The fourth-order valence-electron chi connectivity index (χ4n) is 1.62. The Morgan fingerprint density at radius 2 is 1.85 bits per heavy atom. The van der Waals surface area contributed by atoms with Crippen LogP contribution in [0.15, 0.2) is 0 Å². The van der Waals surface area contributed by atoms with Gasteiger partial charge in [-0.2, -0.15) is 0 Å². The molecule has 0 atom stereocenters. The molecule has 0 bridgehead atoms. The number of alkyl halides is 1. The molecule has 0 heterocycles. The van der Waals surface area contributed by atoms with Crippen molar-refractivity contribution in [1.82, 2.24) is 0 Å². The summed E-state index contributed by atoms with van der Waals surface area (Å²) in [5, 5.41) is 0. The quantitative estimate of drug-likeness (QED) is 0.555. The van der Waals surface area contributed by atoms with Crippen LogP contribution >= 0.6 is 15.9 Å². The first-order valence-electron chi connectivity index (χ1n) is 4.94. The van der Waals surface area contributed by atoms with Gasteiger partial charge >= 0.3 is 5.97 Å². The summed E-state index contributed by atoms with van der Waals surface area (Å²) in [4.78, 5) is 12.1. The number of carbonyl (C=O) groups excluding carboxylic acids is 1. The Bertz CT molecular complexity index is 172. The van der Waals surface area contributed by atoms with Gasteiger partial charge in [0.05, 0.1) is 12.0 Å². The van der Waals surface area contributed by atoms with E-state index in [0.29, 0.717) is 4.83 Å². The second-order valence-electron chi connectivity index (χ2n) is 3.93. The molecule has 0 saturated heterocycles. The molecule has 0 aromatic heterocycles. The van der Waals surface area contributed by atoms with Crippen molar-refractivity contribution >= 4 is 21.9 Å². The zero-order valence-electron chi connectivity index (χ0n) is 8.25. The summed E-state index contributed by atoms with van der Waals surface area (Å²) in [6, 6.07) is 0. The van der Waals surface area contributed by atoms with Crippen molar-refractivity contribution in [2.24, 2.45) is 5.92 Å². The Balaban J connectivity index is 2.31. The summed E-state index contributed by atoms with van der Waals surface area (Å²) in [6.45, 7) is 3.79. The summed E-state index contributed by atoms with van der Waals surface area (Å²) in [5.74, 6) is 0.144. The van der Waals surface area contributed by atoms with Crippen molar-refractivity contribution in [3.8, 4) is 0 Å². The fraction of sp³-hybridized carbons (Fsp3) is 0.900. The van der Waals surface area contributed by atoms with E-state index < -0.39 is 0 Å². The Kier molecular flexibility index (Phi) is 4.23. The van der Waals surface area contributed by atoms with E-state index in [2.05, 4.69) is 15.9 Å². The highest BCUT2D eigenvalue weighted by Crippen LogP contribution is 2.29. The number of rotatable bonds is 2. The Labute approximate surface area is 88.2 Å². The Hall–Kier alpha value is -0.0500. The minimum atomic E-state index is -0.00519. The van der Waals surface area contributed by atoms with Gasteiger partial charge in [0.15, 0.2) is 0 Å². The Morgan fingerprint density at radius 3 is 2.31 bits per heavy atom. The first-order chi connectivity index (χ1) is 6.09. The van der Waals surface area contributed by atoms with E-state index in [-0.39, 0.29) is 18.0 Å². The molecule has 0 aromatic rings. The van der Waals surface area contributed by atoms with Crippen LogP contribution in [-0.2, 0) is 9.53 Å². The van der Waals surface area contributed by atoms with E-state index in [4.69, 9.17) is 4.74 Å². The van der Waals surface area contributed by atoms with Crippen molar-refractivity contribution < 1.29 is 9.53 Å². The van der Waals surface area contributed by atoms with Crippen LogP contribution in [0.3, 0.4) is 0 Å². The third-order valence-electron chi connectivity index (χ3n) is 2.34. The molecular formula is C10H17BrO2. The number of halogens is 1. The van der Waals surface area contributed by atoms with Gasteiger partial charge in [0.2, 0.25) is 0 Å². The second kappa shape index (κ2) is 4.99. The van der Waals surface area contributed by atoms with Gasteiger partial charge in [0, 0.05) is 4.83 Å². The Morgan fingerprint density at radius 1 is 1.31 bits per heavy atom. The zero-order valence-corrected chi connectivity index (χ0v) is 9.84. The van der Waals surface area contributed by atoms with Crippen LogP contribution in [0, 0.1) is 5.92 Å². The van der Waals surface area contributed by atoms with E-state index in [0.717, 1.165) is 25.7 Å². The topological polar surface area (TPSA) is 26.3 Å². The molecule has 2 nitrogen and oxygen atoms in total. The van der Waals surface area contributed by atoms with Crippen molar-refractivity contribution in [3.63, 3.8) is 0 Å². The average Bonchev–Trinajstić information content (AvgIpc) is 2.04. The van der Waals surface area contributed by atoms with Crippen LogP contribution in [0.2, 0.25) is 0 Å². The predicted octanol–water partition coefficient (Wildman–Crippen LogP) is 2.89. The maximum absolute atomic E-state index is 11.5. The molecule has 1 rings (SSSR count). The maximum Gasteiger partial charge on any atom is 0.309 e. The van der Waals surface area contributed by atoms with E-state index in [1.165, 1.54) is 0 Å². The molecule has 1 aliphatic carbocycles. The lowest BCUT2D eigenvalue weighted by Gasteiger charge is -2.24. The van der Waals surface area contributed by atoms with E-state index in [9.17, 15) is 4.79 Å². The summed E-state index contributed by atoms with van der Waals surface area (Å²) >= 11 is 3.56. The molecule has 0 unspecified atom stereocenters. The molecule has 0 aliphatic heterocycles. The van der Waals surface area contributed by atoms with E-state index >= 15 is 0 Å². The van der Waals surface area contributed by atoms with Gasteiger partial charge in [-0.3, -0.25) is 4.79 Å².